The lowest BCUT2D eigenvalue weighted by Crippen LogP contribution is -2.31. The van der Waals surface area contributed by atoms with Crippen molar-refractivity contribution in [3.8, 4) is 0 Å². The van der Waals surface area contributed by atoms with Crippen LogP contribution in [0.15, 0.2) is 48.5 Å². The Morgan fingerprint density at radius 1 is 1.00 bits per heavy atom. The second-order valence-corrected chi connectivity index (χ2v) is 7.31. The fourth-order valence-electron chi connectivity index (χ4n) is 2.12. The summed E-state index contributed by atoms with van der Waals surface area (Å²) in [6.45, 7) is 2.84. The van der Waals surface area contributed by atoms with Crippen molar-refractivity contribution in [2.45, 2.75) is 20.0 Å². The van der Waals surface area contributed by atoms with Gasteiger partial charge in [0.25, 0.3) is 0 Å². The van der Waals surface area contributed by atoms with E-state index in [4.69, 9.17) is 0 Å². The molecule has 2 aromatic rings. The molecule has 2 aromatic carbocycles. The van der Waals surface area contributed by atoms with Gasteiger partial charge in [-0.1, -0.05) is 42.5 Å². The van der Waals surface area contributed by atoms with E-state index in [-0.39, 0.29) is 11.6 Å². The number of hydrogen-bond acceptors (Lipinski definition) is 3. The van der Waals surface area contributed by atoms with E-state index >= 15 is 0 Å². The second kappa shape index (κ2) is 8.19. The van der Waals surface area contributed by atoms with E-state index in [2.05, 4.69) is 10.0 Å². The van der Waals surface area contributed by atoms with E-state index in [9.17, 15) is 12.8 Å². The highest BCUT2D eigenvalue weighted by atomic mass is 32.2. The number of hydrogen-bond donors (Lipinski definition) is 2. The lowest BCUT2D eigenvalue weighted by atomic mass is 10.1. The normalized spacial score (nSPS) is 11.6. The van der Waals surface area contributed by atoms with Crippen molar-refractivity contribution in [2.75, 3.05) is 12.3 Å². The third kappa shape index (κ3) is 6.09. The number of aryl methyl sites for hydroxylation is 1. The molecule has 0 atom stereocenters. The van der Waals surface area contributed by atoms with Gasteiger partial charge in [-0.25, -0.2) is 17.5 Å². The maximum absolute atomic E-state index is 13.2. The summed E-state index contributed by atoms with van der Waals surface area (Å²) in [6.07, 6.45) is 0. The maximum Gasteiger partial charge on any atom is 0.213 e. The van der Waals surface area contributed by atoms with E-state index < -0.39 is 10.0 Å². The smallest absolute Gasteiger partial charge is 0.213 e. The van der Waals surface area contributed by atoms with Gasteiger partial charge in [0.1, 0.15) is 5.82 Å². The summed E-state index contributed by atoms with van der Waals surface area (Å²) in [4.78, 5) is 0. The van der Waals surface area contributed by atoms with Crippen LogP contribution >= 0.6 is 0 Å². The summed E-state index contributed by atoms with van der Waals surface area (Å²) in [5.74, 6) is -0.235. The molecule has 0 saturated carbocycles. The van der Waals surface area contributed by atoms with Gasteiger partial charge in [0.05, 0.1) is 5.75 Å². The van der Waals surface area contributed by atoms with Gasteiger partial charge < -0.3 is 5.32 Å². The van der Waals surface area contributed by atoms with Gasteiger partial charge in [-0.3, -0.25) is 0 Å². The van der Waals surface area contributed by atoms with Gasteiger partial charge in [0.2, 0.25) is 10.0 Å². The quantitative estimate of drug-likeness (QED) is 0.728. The van der Waals surface area contributed by atoms with Crippen molar-refractivity contribution in [3.63, 3.8) is 0 Å². The van der Waals surface area contributed by atoms with Crippen molar-refractivity contribution < 1.29 is 12.8 Å². The second-order valence-electron chi connectivity index (χ2n) is 5.39. The minimum absolute atomic E-state index is 0.0000103. The Morgan fingerprint density at radius 3 is 2.43 bits per heavy atom. The first-order valence-electron chi connectivity index (χ1n) is 7.43. The molecule has 0 aliphatic rings. The lowest BCUT2D eigenvalue weighted by molar-refractivity contribution is 0.576. The molecule has 0 aromatic heterocycles. The summed E-state index contributed by atoms with van der Waals surface area (Å²) in [6, 6.07) is 14.2. The van der Waals surface area contributed by atoms with Crippen molar-refractivity contribution in [3.05, 3.63) is 71.0 Å². The molecular formula is C17H21FN2O2S. The molecule has 23 heavy (non-hydrogen) atoms. The standard InChI is InChI=1S/C17H21FN2O2S/c1-14-11-16(7-8-17(14)18)12-19-9-10-23(21,22)20-13-15-5-3-2-4-6-15/h2-8,11,19-20H,9-10,12-13H2,1H3. The summed E-state index contributed by atoms with van der Waals surface area (Å²) in [5, 5.41) is 3.06. The van der Waals surface area contributed by atoms with Crippen LogP contribution < -0.4 is 10.0 Å². The van der Waals surface area contributed by atoms with Crippen LogP contribution in [-0.2, 0) is 23.1 Å². The van der Waals surface area contributed by atoms with Crippen LogP contribution in [0.5, 0.6) is 0 Å². The van der Waals surface area contributed by atoms with Gasteiger partial charge in [0.15, 0.2) is 0 Å². The molecular weight excluding hydrogens is 315 g/mol. The summed E-state index contributed by atoms with van der Waals surface area (Å²) < 4.78 is 39.6. The highest BCUT2D eigenvalue weighted by Gasteiger charge is 2.09. The minimum Gasteiger partial charge on any atom is -0.312 e. The van der Waals surface area contributed by atoms with E-state index in [0.29, 0.717) is 25.2 Å². The maximum atomic E-state index is 13.2. The van der Waals surface area contributed by atoms with E-state index in [1.807, 2.05) is 30.3 Å². The fourth-order valence-corrected chi connectivity index (χ4v) is 3.06. The predicted molar refractivity (Wildman–Crippen MR) is 89.9 cm³/mol. The van der Waals surface area contributed by atoms with Crippen LogP contribution in [0, 0.1) is 12.7 Å². The number of rotatable bonds is 8. The number of nitrogens with one attached hydrogen (secondary N) is 2. The fraction of sp³-hybridized carbons (Fsp3) is 0.294. The average molecular weight is 336 g/mol. The zero-order valence-electron chi connectivity index (χ0n) is 13.0. The highest BCUT2D eigenvalue weighted by molar-refractivity contribution is 7.89. The first-order valence-corrected chi connectivity index (χ1v) is 9.08. The molecule has 0 fully saturated rings. The van der Waals surface area contributed by atoms with Crippen molar-refractivity contribution in [1.29, 1.82) is 0 Å². The summed E-state index contributed by atoms with van der Waals surface area (Å²) >= 11 is 0. The summed E-state index contributed by atoms with van der Waals surface area (Å²) in [7, 11) is -3.32. The molecule has 0 aliphatic heterocycles. The Bertz CT molecular complexity index is 734. The molecule has 0 saturated heterocycles. The first-order chi connectivity index (χ1) is 11.0. The largest absolute Gasteiger partial charge is 0.312 e. The van der Waals surface area contributed by atoms with Gasteiger partial charge >= 0.3 is 0 Å². The zero-order valence-corrected chi connectivity index (χ0v) is 13.9. The molecule has 0 amide bonds. The molecule has 0 spiro atoms. The number of benzene rings is 2. The molecule has 4 nitrogen and oxygen atoms in total. The van der Waals surface area contributed by atoms with Crippen LogP contribution in [0.1, 0.15) is 16.7 Å². The molecule has 0 radical (unpaired) electrons. The van der Waals surface area contributed by atoms with Gasteiger partial charge in [-0.05, 0) is 29.7 Å². The Labute approximate surface area is 136 Å². The van der Waals surface area contributed by atoms with Gasteiger partial charge in [-0.15, -0.1) is 0 Å². The number of sulfonamides is 1. The Hall–Kier alpha value is -1.76. The van der Waals surface area contributed by atoms with Crippen molar-refractivity contribution in [2.24, 2.45) is 0 Å². The third-order valence-corrected chi connectivity index (χ3v) is 4.76. The highest BCUT2D eigenvalue weighted by Crippen LogP contribution is 2.08. The van der Waals surface area contributed by atoms with Gasteiger partial charge in [0, 0.05) is 19.6 Å². The molecule has 0 unspecified atom stereocenters. The van der Waals surface area contributed by atoms with Crippen molar-refractivity contribution in [1.82, 2.24) is 10.0 Å². The average Bonchev–Trinajstić information content (AvgIpc) is 2.54. The van der Waals surface area contributed by atoms with E-state index in [0.717, 1.165) is 11.1 Å². The molecule has 2 N–H and O–H groups in total. The topological polar surface area (TPSA) is 58.2 Å². The van der Waals surface area contributed by atoms with Crippen LogP contribution in [-0.4, -0.2) is 20.7 Å². The molecule has 2 rings (SSSR count). The number of halogens is 1. The Morgan fingerprint density at radius 2 is 1.74 bits per heavy atom. The van der Waals surface area contributed by atoms with Crippen LogP contribution in [0.4, 0.5) is 4.39 Å². The van der Waals surface area contributed by atoms with Crippen LogP contribution in [0.25, 0.3) is 0 Å². The summed E-state index contributed by atoms with van der Waals surface area (Å²) in [5.41, 5.74) is 2.44. The zero-order chi connectivity index (χ0) is 16.7. The van der Waals surface area contributed by atoms with Crippen LogP contribution in [0.3, 0.4) is 0 Å². The van der Waals surface area contributed by atoms with Crippen LogP contribution in [0.2, 0.25) is 0 Å². The van der Waals surface area contributed by atoms with Gasteiger partial charge in [-0.2, -0.15) is 0 Å². The first kappa shape index (κ1) is 17.6. The lowest BCUT2D eigenvalue weighted by Gasteiger charge is -2.08. The van der Waals surface area contributed by atoms with E-state index in [1.165, 1.54) is 6.07 Å². The SMILES string of the molecule is Cc1cc(CNCCS(=O)(=O)NCc2ccccc2)ccc1F. The van der Waals surface area contributed by atoms with E-state index in [1.54, 1.807) is 19.1 Å². The molecule has 0 heterocycles. The Kier molecular flexibility index (Phi) is 6.27. The molecule has 6 heteroatoms. The molecule has 0 aliphatic carbocycles. The molecule has 0 bridgehead atoms. The Balaban J connectivity index is 1.73. The monoisotopic (exact) mass is 336 g/mol. The minimum atomic E-state index is -3.32. The van der Waals surface area contributed by atoms with Crippen molar-refractivity contribution >= 4 is 10.0 Å². The molecule has 124 valence electrons. The third-order valence-electron chi connectivity index (χ3n) is 3.44. The predicted octanol–water partition coefficient (Wildman–Crippen LogP) is 2.34.